The van der Waals surface area contributed by atoms with Gasteiger partial charge in [-0.1, -0.05) is 48.5 Å². The van der Waals surface area contributed by atoms with Crippen molar-refractivity contribution in [3.05, 3.63) is 77.6 Å². The Morgan fingerprint density at radius 3 is 2.43 bits per heavy atom. The molecule has 0 aliphatic rings. The third kappa shape index (κ3) is 3.78. The number of aliphatic hydroxyl groups is 1. The average Bonchev–Trinajstić information content (AvgIpc) is 2.47. The second-order valence-corrected chi connectivity index (χ2v) is 5.13. The standard InChI is InChI=1S/C18H20FNO/c1-20(2)18(15-9-6-10-16(19)13-15)17(11-12-21)14-7-4-3-5-8-14/h3-11,13,18,21H,12H2,1-2H3. The van der Waals surface area contributed by atoms with Gasteiger partial charge >= 0.3 is 0 Å². The van der Waals surface area contributed by atoms with E-state index in [9.17, 15) is 9.50 Å². The molecule has 2 nitrogen and oxygen atoms in total. The fourth-order valence-corrected chi connectivity index (χ4v) is 2.55. The molecule has 2 aromatic carbocycles. The minimum absolute atomic E-state index is 0.0517. The van der Waals surface area contributed by atoms with Crippen molar-refractivity contribution >= 4 is 5.57 Å². The van der Waals surface area contributed by atoms with Crippen LogP contribution in [0.5, 0.6) is 0 Å². The van der Waals surface area contributed by atoms with E-state index in [1.165, 1.54) is 6.07 Å². The minimum Gasteiger partial charge on any atom is -0.392 e. The molecule has 3 heteroatoms. The van der Waals surface area contributed by atoms with Crippen molar-refractivity contribution in [1.82, 2.24) is 4.90 Å². The Hall–Kier alpha value is -1.97. The lowest BCUT2D eigenvalue weighted by Gasteiger charge is -2.28. The second-order valence-electron chi connectivity index (χ2n) is 5.13. The van der Waals surface area contributed by atoms with Crippen LogP contribution < -0.4 is 0 Å². The third-order valence-electron chi connectivity index (χ3n) is 3.39. The van der Waals surface area contributed by atoms with Gasteiger partial charge in [0.05, 0.1) is 12.6 Å². The molecule has 2 rings (SSSR count). The number of benzene rings is 2. The summed E-state index contributed by atoms with van der Waals surface area (Å²) in [6, 6.07) is 16.3. The molecule has 110 valence electrons. The highest BCUT2D eigenvalue weighted by atomic mass is 19.1. The summed E-state index contributed by atoms with van der Waals surface area (Å²) in [5, 5.41) is 9.36. The van der Waals surface area contributed by atoms with Crippen LogP contribution >= 0.6 is 0 Å². The Kier molecular flexibility index (Phi) is 5.26. The van der Waals surface area contributed by atoms with Gasteiger partial charge in [-0.05, 0) is 42.9 Å². The van der Waals surface area contributed by atoms with Crippen LogP contribution in [-0.2, 0) is 0 Å². The van der Waals surface area contributed by atoms with Gasteiger partial charge < -0.3 is 5.11 Å². The van der Waals surface area contributed by atoms with Crippen LogP contribution in [0.4, 0.5) is 4.39 Å². The van der Waals surface area contributed by atoms with Crippen molar-refractivity contribution in [1.29, 1.82) is 0 Å². The van der Waals surface area contributed by atoms with Gasteiger partial charge in [-0.15, -0.1) is 0 Å². The number of likely N-dealkylation sites (N-methyl/N-ethyl adjacent to an activating group) is 1. The smallest absolute Gasteiger partial charge is 0.123 e. The lowest BCUT2D eigenvalue weighted by molar-refractivity contribution is 0.336. The van der Waals surface area contributed by atoms with Gasteiger partial charge in [0.15, 0.2) is 0 Å². The molecule has 1 N–H and O–H groups in total. The summed E-state index contributed by atoms with van der Waals surface area (Å²) in [5.74, 6) is -0.254. The Morgan fingerprint density at radius 1 is 1.14 bits per heavy atom. The van der Waals surface area contributed by atoms with E-state index >= 15 is 0 Å². The summed E-state index contributed by atoms with van der Waals surface area (Å²) in [4.78, 5) is 2.02. The van der Waals surface area contributed by atoms with Crippen molar-refractivity contribution in [2.45, 2.75) is 6.04 Å². The molecule has 1 unspecified atom stereocenters. The van der Waals surface area contributed by atoms with Crippen molar-refractivity contribution in [2.24, 2.45) is 0 Å². The largest absolute Gasteiger partial charge is 0.392 e. The Balaban J connectivity index is 2.51. The number of rotatable bonds is 5. The van der Waals surface area contributed by atoms with E-state index in [-0.39, 0.29) is 18.5 Å². The molecule has 1 atom stereocenters. The predicted molar refractivity (Wildman–Crippen MR) is 84.3 cm³/mol. The molecule has 0 amide bonds. The van der Waals surface area contributed by atoms with Gasteiger partial charge in [-0.25, -0.2) is 4.39 Å². The van der Waals surface area contributed by atoms with Crippen LogP contribution in [0, 0.1) is 5.82 Å². The Bertz CT molecular complexity index is 608. The highest BCUT2D eigenvalue weighted by Gasteiger charge is 2.20. The summed E-state index contributed by atoms with van der Waals surface area (Å²) < 4.78 is 13.6. The third-order valence-corrected chi connectivity index (χ3v) is 3.39. The molecule has 0 radical (unpaired) electrons. The van der Waals surface area contributed by atoms with E-state index in [4.69, 9.17) is 0 Å². The summed E-state index contributed by atoms with van der Waals surface area (Å²) in [6.07, 6.45) is 1.78. The molecule has 0 spiro atoms. The van der Waals surface area contributed by atoms with E-state index in [0.717, 1.165) is 16.7 Å². The van der Waals surface area contributed by atoms with Crippen LogP contribution in [0.3, 0.4) is 0 Å². The van der Waals surface area contributed by atoms with Crippen LogP contribution in [0.25, 0.3) is 5.57 Å². The molecule has 0 aromatic heterocycles. The normalized spacial score (nSPS) is 13.5. The zero-order valence-electron chi connectivity index (χ0n) is 12.3. The van der Waals surface area contributed by atoms with Crippen LogP contribution in [-0.4, -0.2) is 30.7 Å². The molecule has 0 heterocycles. The Morgan fingerprint density at radius 2 is 1.86 bits per heavy atom. The topological polar surface area (TPSA) is 23.5 Å². The number of halogens is 1. The maximum absolute atomic E-state index is 13.6. The summed E-state index contributed by atoms with van der Waals surface area (Å²) in [6.45, 7) is -0.0517. The van der Waals surface area contributed by atoms with Crippen molar-refractivity contribution in [2.75, 3.05) is 20.7 Å². The molecular formula is C18H20FNO. The molecule has 0 saturated carbocycles. The van der Waals surface area contributed by atoms with E-state index in [1.54, 1.807) is 18.2 Å². The van der Waals surface area contributed by atoms with Crippen LogP contribution in [0.15, 0.2) is 60.7 Å². The molecular weight excluding hydrogens is 265 g/mol. The fourth-order valence-electron chi connectivity index (χ4n) is 2.55. The van der Waals surface area contributed by atoms with Gasteiger partial charge in [0.2, 0.25) is 0 Å². The van der Waals surface area contributed by atoms with Crippen LogP contribution in [0.2, 0.25) is 0 Å². The lowest BCUT2D eigenvalue weighted by Crippen LogP contribution is -2.21. The fraction of sp³-hybridized carbons (Fsp3) is 0.222. The number of hydrogen-bond acceptors (Lipinski definition) is 2. The van der Waals surface area contributed by atoms with Gasteiger partial charge in [-0.2, -0.15) is 0 Å². The van der Waals surface area contributed by atoms with E-state index in [0.29, 0.717) is 0 Å². The van der Waals surface area contributed by atoms with Crippen molar-refractivity contribution < 1.29 is 9.50 Å². The lowest BCUT2D eigenvalue weighted by atomic mass is 9.91. The summed E-state index contributed by atoms with van der Waals surface area (Å²) >= 11 is 0. The first kappa shape index (κ1) is 15.4. The maximum Gasteiger partial charge on any atom is 0.123 e. The quantitative estimate of drug-likeness (QED) is 0.909. The van der Waals surface area contributed by atoms with Crippen molar-refractivity contribution in [3.63, 3.8) is 0 Å². The van der Waals surface area contributed by atoms with E-state index in [1.807, 2.05) is 55.4 Å². The first-order chi connectivity index (χ1) is 10.1. The zero-order chi connectivity index (χ0) is 15.2. The SMILES string of the molecule is CN(C)C(C(=CCO)c1ccccc1)c1cccc(F)c1. The molecule has 21 heavy (non-hydrogen) atoms. The first-order valence-corrected chi connectivity index (χ1v) is 6.91. The maximum atomic E-state index is 13.6. The number of nitrogens with zero attached hydrogens (tertiary/aromatic N) is 1. The highest BCUT2D eigenvalue weighted by molar-refractivity contribution is 5.71. The average molecular weight is 285 g/mol. The van der Waals surface area contributed by atoms with E-state index < -0.39 is 0 Å². The predicted octanol–water partition coefficient (Wildman–Crippen LogP) is 3.50. The molecule has 0 fully saturated rings. The Labute approximate surface area is 125 Å². The van der Waals surface area contributed by atoms with Gasteiger partial charge in [0.1, 0.15) is 5.82 Å². The minimum atomic E-state index is -0.254. The summed E-state index contributed by atoms with van der Waals surface area (Å²) in [7, 11) is 3.90. The highest BCUT2D eigenvalue weighted by Crippen LogP contribution is 2.33. The van der Waals surface area contributed by atoms with Crippen LogP contribution in [0.1, 0.15) is 17.2 Å². The second kappa shape index (κ2) is 7.16. The van der Waals surface area contributed by atoms with Gasteiger partial charge in [0.25, 0.3) is 0 Å². The molecule has 0 bridgehead atoms. The zero-order valence-corrected chi connectivity index (χ0v) is 12.3. The molecule has 0 aliphatic carbocycles. The molecule has 0 saturated heterocycles. The van der Waals surface area contributed by atoms with E-state index in [2.05, 4.69) is 0 Å². The van der Waals surface area contributed by atoms with Crippen molar-refractivity contribution in [3.8, 4) is 0 Å². The molecule has 0 aliphatic heterocycles. The first-order valence-electron chi connectivity index (χ1n) is 6.91. The monoisotopic (exact) mass is 285 g/mol. The van der Waals surface area contributed by atoms with Gasteiger partial charge in [0, 0.05) is 0 Å². The van der Waals surface area contributed by atoms with Gasteiger partial charge in [-0.3, -0.25) is 4.90 Å². The summed E-state index contributed by atoms with van der Waals surface area (Å²) in [5.41, 5.74) is 2.85. The number of aliphatic hydroxyl groups excluding tert-OH is 1. The number of hydrogen-bond donors (Lipinski definition) is 1. The molecule has 2 aromatic rings.